The number of allylic oxidation sites excluding steroid dienone is 1. The molecule has 0 spiro atoms. The molecule has 5 rings (SSSR count). The van der Waals surface area contributed by atoms with Gasteiger partial charge < -0.3 is 4.52 Å². The maximum absolute atomic E-state index is 10.5. The Labute approximate surface area is 176 Å². The van der Waals surface area contributed by atoms with E-state index >= 15 is 0 Å². The van der Waals surface area contributed by atoms with Crippen molar-refractivity contribution in [2.75, 3.05) is 5.88 Å². The molecule has 29 heavy (non-hydrogen) atoms. The van der Waals surface area contributed by atoms with E-state index in [2.05, 4.69) is 57.8 Å². The molecule has 2 unspecified atom stereocenters. The van der Waals surface area contributed by atoms with Gasteiger partial charge in [-0.3, -0.25) is 0 Å². The number of aryl methyl sites for hydroxylation is 1. The van der Waals surface area contributed by atoms with Crippen molar-refractivity contribution >= 4 is 47.0 Å². The van der Waals surface area contributed by atoms with E-state index in [1.54, 1.807) is 11.1 Å². The minimum absolute atomic E-state index is 0.655. The van der Waals surface area contributed by atoms with Crippen molar-refractivity contribution in [2.24, 2.45) is 10.3 Å². The quantitative estimate of drug-likeness (QED) is 0.281. The second-order valence-electron chi connectivity index (χ2n) is 7.34. The highest BCUT2D eigenvalue weighted by molar-refractivity contribution is 7.55. The molecule has 3 aromatic carbocycles. The van der Waals surface area contributed by atoms with Crippen molar-refractivity contribution < 1.29 is 9.09 Å². The summed E-state index contributed by atoms with van der Waals surface area (Å²) in [6.07, 6.45) is 9.03. The fourth-order valence-electron chi connectivity index (χ4n) is 4.26. The standard InChI is InChI=1S/C20H19Cl.C3H5N2O2P/c21-13-12-15-5-3-7-18-17(15)10-11-19-16-6-2-1-4-14(16)8-9-20(18)19;4-8(6)5-2-1-3-7-8/h1-2,4,6,8-11,15H,3,5,7,12-13H2;1-3H,(H2,4,6). The van der Waals surface area contributed by atoms with Gasteiger partial charge in [-0.05, 0) is 70.3 Å². The second kappa shape index (κ2) is 8.71. The van der Waals surface area contributed by atoms with Crippen LogP contribution in [0.5, 0.6) is 0 Å². The fourth-order valence-corrected chi connectivity index (χ4v) is 5.08. The first kappa shape index (κ1) is 20.2. The number of rotatable bonds is 2. The second-order valence-corrected chi connectivity index (χ2v) is 9.29. The lowest BCUT2D eigenvalue weighted by atomic mass is 9.79. The van der Waals surface area contributed by atoms with E-state index in [0.29, 0.717) is 5.92 Å². The Kier molecular flexibility index (Phi) is 6.05. The Hall–Kier alpha value is -2.13. The van der Waals surface area contributed by atoms with Crippen LogP contribution in [0.15, 0.2) is 65.6 Å². The third kappa shape index (κ3) is 4.40. The summed E-state index contributed by atoms with van der Waals surface area (Å²) in [6.45, 7) is 0. The van der Waals surface area contributed by atoms with Gasteiger partial charge in [0.05, 0.1) is 6.26 Å². The van der Waals surface area contributed by atoms with Gasteiger partial charge in [0.2, 0.25) is 0 Å². The van der Waals surface area contributed by atoms with Gasteiger partial charge in [0.25, 0.3) is 0 Å². The van der Waals surface area contributed by atoms with Gasteiger partial charge in [0.1, 0.15) is 0 Å². The first-order valence-electron chi connectivity index (χ1n) is 9.86. The van der Waals surface area contributed by atoms with Crippen LogP contribution in [-0.2, 0) is 15.5 Å². The zero-order chi connectivity index (χ0) is 20.3. The van der Waals surface area contributed by atoms with Crippen LogP contribution in [0.25, 0.3) is 21.5 Å². The Morgan fingerprint density at radius 3 is 2.66 bits per heavy atom. The third-order valence-electron chi connectivity index (χ3n) is 5.55. The minimum atomic E-state index is -3.10. The molecule has 0 radical (unpaired) electrons. The van der Waals surface area contributed by atoms with E-state index in [-0.39, 0.29) is 0 Å². The smallest absolute Gasteiger partial charge is 0.425 e. The van der Waals surface area contributed by atoms with Gasteiger partial charge in [0.15, 0.2) is 0 Å². The average molecular weight is 427 g/mol. The summed E-state index contributed by atoms with van der Waals surface area (Å²) in [6, 6.07) is 18.0. The summed E-state index contributed by atoms with van der Waals surface area (Å²) < 4.78 is 18.3. The number of fused-ring (bicyclic) bond motifs is 5. The Morgan fingerprint density at radius 2 is 1.93 bits per heavy atom. The maximum atomic E-state index is 10.5. The molecule has 2 atom stereocenters. The van der Waals surface area contributed by atoms with Crippen LogP contribution in [-0.4, -0.2) is 12.1 Å². The Balaban J connectivity index is 0.000000216. The van der Waals surface area contributed by atoms with Crippen LogP contribution >= 0.6 is 19.3 Å². The SMILES string of the molecule is ClCCC1CCCc2c1ccc1c2ccc2ccccc21.NP1(=O)N=CC=CO1. The van der Waals surface area contributed by atoms with Crippen LogP contribution in [0.4, 0.5) is 0 Å². The molecule has 1 aliphatic carbocycles. The molecule has 1 aliphatic heterocycles. The first-order chi connectivity index (χ1) is 14.1. The van der Waals surface area contributed by atoms with Crippen molar-refractivity contribution in [1.82, 2.24) is 0 Å². The fraction of sp³-hybridized carbons (Fsp3) is 0.261. The predicted octanol–water partition coefficient (Wildman–Crippen LogP) is 6.71. The number of nitrogens with zero attached hydrogens (tertiary/aromatic N) is 1. The Bertz CT molecular complexity index is 1140. The van der Waals surface area contributed by atoms with Gasteiger partial charge in [-0.15, -0.1) is 11.6 Å². The summed E-state index contributed by atoms with van der Waals surface area (Å²) >= 11 is 6.00. The average Bonchev–Trinajstić information content (AvgIpc) is 2.74. The Morgan fingerprint density at radius 1 is 1.10 bits per heavy atom. The molecule has 0 saturated heterocycles. The van der Waals surface area contributed by atoms with E-state index in [1.807, 2.05) is 0 Å². The van der Waals surface area contributed by atoms with Crippen LogP contribution < -0.4 is 5.50 Å². The molecule has 0 fully saturated rings. The largest absolute Gasteiger partial charge is 0.434 e. The molecule has 2 aliphatic rings. The van der Waals surface area contributed by atoms with Crippen molar-refractivity contribution in [3.8, 4) is 0 Å². The summed E-state index contributed by atoms with van der Waals surface area (Å²) in [4.78, 5) is 0. The molecular formula is C23H24ClN2O2P. The van der Waals surface area contributed by atoms with E-state index in [0.717, 1.165) is 12.3 Å². The molecule has 3 aromatic rings. The van der Waals surface area contributed by atoms with Gasteiger partial charge >= 0.3 is 7.67 Å². The lowest BCUT2D eigenvalue weighted by Gasteiger charge is -2.26. The van der Waals surface area contributed by atoms with Crippen LogP contribution in [0.1, 0.15) is 36.3 Å². The van der Waals surface area contributed by atoms with E-state index in [1.165, 1.54) is 59.4 Å². The number of benzene rings is 3. The van der Waals surface area contributed by atoms with Crippen LogP contribution in [0, 0.1) is 0 Å². The highest BCUT2D eigenvalue weighted by Crippen LogP contribution is 2.40. The molecule has 150 valence electrons. The van der Waals surface area contributed by atoms with Gasteiger partial charge in [-0.1, -0.05) is 48.5 Å². The molecular weight excluding hydrogens is 403 g/mol. The molecule has 0 aromatic heterocycles. The predicted molar refractivity (Wildman–Crippen MR) is 123 cm³/mol. The van der Waals surface area contributed by atoms with Crippen molar-refractivity contribution in [3.63, 3.8) is 0 Å². The lowest BCUT2D eigenvalue weighted by molar-refractivity contribution is 0.441. The number of nitrogens with two attached hydrogens (primary N) is 1. The minimum Gasteiger partial charge on any atom is -0.425 e. The number of hydrogen-bond acceptors (Lipinski definition) is 2. The van der Waals surface area contributed by atoms with Crippen molar-refractivity contribution in [3.05, 3.63) is 72.0 Å². The molecule has 4 nitrogen and oxygen atoms in total. The summed E-state index contributed by atoms with van der Waals surface area (Å²) in [5.41, 5.74) is 8.08. The summed E-state index contributed by atoms with van der Waals surface area (Å²) in [5.74, 6) is 1.42. The molecule has 1 heterocycles. The normalized spacial score (nSPS) is 22.6. The lowest BCUT2D eigenvalue weighted by Crippen LogP contribution is -2.10. The van der Waals surface area contributed by atoms with Crippen LogP contribution in [0.2, 0.25) is 0 Å². The zero-order valence-electron chi connectivity index (χ0n) is 16.1. The molecule has 0 saturated carbocycles. The highest BCUT2D eigenvalue weighted by Gasteiger charge is 2.21. The number of halogens is 1. The number of hydrogen-bond donors (Lipinski definition) is 1. The van der Waals surface area contributed by atoms with Gasteiger partial charge in [0, 0.05) is 12.1 Å². The van der Waals surface area contributed by atoms with E-state index in [4.69, 9.17) is 17.1 Å². The van der Waals surface area contributed by atoms with Gasteiger partial charge in [-0.25, -0.2) is 10.1 Å². The summed E-state index contributed by atoms with van der Waals surface area (Å²) in [7, 11) is -3.10. The van der Waals surface area contributed by atoms with Crippen molar-refractivity contribution in [2.45, 2.75) is 31.6 Å². The van der Waals surface area contributed by atoms with Crippen LogP contribution in [0.3, 0.4) is 0 Å². The van der Waals surface area contributed by atoms with Crippen molar-refractivity contribution in [1.29, 1.82) is 0 Å². The first-order valence-corrected chi connectivity index (χ1v) is 12.0. The van der Waals surface area contributed by atoms with E-state index < -0.39 is 7.67 Å². The van der Waals surface area contributed by atoms with Gasteiger partial charge in [-0.2, -0.15) is 4.76 Å². The molecule has 6 heteroatoms. The molecule has 0 amide bonds. The molecule has 0 bridgehead atoms. The monoisotopic (exact) mass is 426 g/mol. The summed E-state index contributed by atoms with van der Waals surface area (Å²) in [5, 5.41) is 5.55. The highest BCUT2D eigenvalue weighted by atomic mass is 35.5. The number of alkyl halides is 1. The van der Waals surface area contributed by atoms with E-state index in [9.17, 15) is 4.57 Å². The third-order valence-corrected chi connectivity index (χ3v) is 6.65. The zero-order valence-corrected chi connectivity index (χ0v) is 17.8. The maximum Gasteiger partial charge on any atom is 0.434 e. The topological polar surface area (TPSA) is 64.7 Å². The molecule has 2 N–H and O–H groups in total.